The molecule has 1 aliphatic heterocycles. The Balaban J connectivity index is 2.36. The van der Waals surface area contributed by atoms with Crippen LogP contribution in [-0.4, -0.2) is 11.6 Å². The van der Waals surface area contributed by atoms with Crippen LogP contribution in [0, 0.1) is 0 Å². The van der Waals surface area contributed by atoms with E-state index in [2.05, 4.69) is 10.5 Å². The molecule has 1 aromatic carbocycles. The Bertz CT molecular complexity index is 418. The average Bonchev–Trinajstić information content (AvgIpc) is 2.51. The molecular weight excluding hydrogens is 176 g/mol. The number of nitrogens with one attached hydrogen (secondary N) is 1. The van der Waals surface area contributed by atoms with E-state index in [-0.39, 0.29) is 5.91 Å². The lowest BCUT2D eigenvalue weighted by molar-refractivity contribution is -0.116. The summed E-state index contributed by atoms with van der Waals surface area (Å²) in [6.45, 7) is 1.81. The molecule has 1 amide bonds. The van der Waals surface area contributed by atoms with E-state index >= 15 is 0 Å². The van der Waals surface area contributed by atoms with Crippen LogP contribution in [0.4, 0.5) is 0 Å². The van der Waals surface area contributed by atoms with Gasteiger partial charge in [-0.05, 0) is 18.6 Å². The number of nitrogens with zero attached hydrogens (tertiary/aromatic N) is 1. The smallest absolute Gasteiger partial charge is 0.267 e. The quantitative estimate of drug-likeness (QED) is 0.664. The zero-order valence-corrected chi connectivity index (χ0v) is 7.82. The average molecular weight is 186 g/mol. The molecule has 0 atom stereocenters. The maximum absolute atomic E-state index is 11.3. The number of rotatable bonds is 1. The minimum atomic E-state index is -0.133. The fraction of sp³-hybridized carbons (Fsp3) is 0.0909. The van der Waals surface area contributed by atoms with Crippen molar-refractivity contribution in [1.29, 1.82) is 0 Å². The molecule has 0 saturated carbocycles. The zero-order chi connectivity index (χ0) is 9.97. The van der Waals surface area contributed by atoms with E-state index in [0.717, 1.165) is 11.3 Å². The van der Waals surface area contributed by atoms with Crippen molar-refractivity contribution in [2.75, 3.05) is 0 Å². The fourth-order valence-corrected chi connectivity index (χ4v) is 1.31. The van der Waals surface area contributed by atoms with E-state index in [4.69, 9.17) is 0 Å². The van der Waals surface area contributed by atoms with Crippen molar-refractivity contribution in [1.82, 2.24) is 5.43 Å². The minimum Gasteiger partial charge on any atom is -0.267 e. The first-order valence-corrected chi connectivity index (χ1v) is 4.39. The van der Waals surface area contributed by atoms with Crippen LogP contribution >= 0.6 is 0 Å². The Morgan fingerprint density at radius 1 is 1.29 bits per heavy atom. The van der Waals surface area contributed by atoms with Crippen LogP contribution in [0.25, 0.3) is 6.08 Å². The molecule has 1 heterocycles. The van der Waals surface area contributed by atoms with Gasteiger partial charge < -0.3 is 0 Å². The molecule has 0 aliphatic carbocycles. The largest absolute Gasteiger partial charge is 0.273 e. The Morgan fingerprint density at radius 3 is 2.57 bits per heavy atom. The van der Waals surface area contributed by atoms with Gasteiger partial charge in [-0.15, -0.1) is 0 Å². The van der Waals surface area contributed by atoms with Crippen LogP contribution < -0.4 is 5.43 Å². The maximum Gasteiger partial charge on any atom is 0.273 e. The van der Waals surface area contributed by atoms with Gasteiger partial charge in [-0.3, -0.25) is 4.79 Å². The van der Waals surface area contributed by atoms with Crippen molar-refractivity contribution in [3.05, 3.63) is 41.5 Å². The SMILES string of the molecule is CC1=NNC(=O)/C1=C/c1ccccc1. The van der Waals surface area contributed by atoms with Gasteiger partial charge in [0.25, 0.3) is 5.91 Å². The van der Waals surface area contributed by atoms with E-state index in [1.807, 2.05) is 43.3 Å². The zero-order valence-electron chi connectivity index (χ0n) is 7.82. The van der Waals surface area contributed by atoms with Gasteiger partial charge in [0, 0.05) is 0 Å². The van der Waals surface area contributed by atoms with Crippen LogP contribution in [0.1, 0.15) is 12.5 Å². The number of amides is 1. The van der Waals surface area contributed by atoms with Gasteiger partial charge in [0.1, 0.15) is 0 Å². The van der Waals surface area contributed by atoms with Gasteiger partial charge in [0.2, 0.25) is 0 Å². The number of carbonyl (C=O) groups is 1. The predicted octanol–water partition coefficient (Wildman–Crippen LogP) is 1.58. The number of benzene rings is 1. The molecule has 1 N–H and O–H groups in total. The van der Waals surface area contributed by atoms with Gasteiger partial charge in [0.05, 0.1) is 11.3 Å². The topological polar surface area (TPSA) is 41.5 Å². The summed E-state index contributed by atoms with van der Waals surface area (Å²) in [5, 5.41) is 3.84. The number of hydrogen-bond donors (Lipinski definition) is 1. The van der Waals surface area contributed by atoms with Crippen molar-refractivity contribution in [3.8, 4) is 0 Å². The Labute approximate surface area is 82.1 Å². The second kappa shape index (κ2) is 3.46. The molecule has 1 aliphatic rings. The highest BCUT2D eigenvalue weighted by Crippen LogP contribution is 2.11. The number of hydrogen-bond acceptors (Lipinski definition) is 2. The van der Waals surface area contributed by atoms with E-state index in [9.17, 15) is 4.79 Å². The summed E-state index contributed by atoms with van der Waals surface area (Å²) >= 11 is 0. The molecule has 0 fully saturated rings. The molecule has 1 aromatic rings. The molecule has 70 valence electrons. The molecule has 0 spiro atoms. The van der Waals surface area contributed by atoms with Crippen molar-refractivity contribution >= 4 is 17.7 Å². The van der Waals surface area contributed by atoms with Crippen LogP contribution in [0.2, 0.25) is 0 Å². The predicted molar refractivity (Wildman–Crippen MR) is 55.7 cm³/mol. The first-order chi connectivity index (χ1) is 6.77. The first kappa shape index (κ1) is 8.69. The summed E-state index contributed by atoms with van der Waals surface area (Å²) in [6, 6.07) is 9.72. The highest BCUT2D eigenvalue weighted by atomic mass is 16.2. The van der Waals surface area contributed by atoms with Crippen LogP contribution in [-0.2, 0) is 4.79 Å². The number of hydrazone groups is 1. The lowest BCUT2D eigenvalue weighted by atomic mass is 10.1. The molecule has 2 rings (SSSR count). The summed E-state index contributed by atoms with van der Waals surface area (Å²) in [6.07, 6.45) is 1.83. The van der Waals surface area contributed by atoms with Gasteiger partial charge >= 0.3 is 0 Å². The molecule has 3 nitrogen and oxygen atoms in total. The summed E-state index contributed by atoms with van der Waals surface area (Å²) in [5.74, 6) is -0.133. The molecule has 3 heteroatoms. The second-order valence-electron chi connectivity index (χ2n) is 3.11. The van der Waals surface area contributed by atoms with Gasteiger partial charge in [-0.1, -0.05) is 30.3 Å². The third-order valence-corrected chi connectivity index (χ3v) is 2.07. The molecule has 0 unspecified atom stereocenters. The molecular formula is C11H10N2O. The molecule has 0 radical (unpaired) electrons. The second-order valence-corrected chi connectivity index (χ2v) is 3.11. The number of carbonyl (C=O) groups excluding carboxylic acids is 1. The van der Waals surface area contributed by atoms with Crippen LogP contribution in [0.5, 0.6) is 0 Å². The summed E-state index contributed by atoms with van der Waals surface area (Å²) < 4.78 is 0. The Kier molecular flexibility index (Phi) is 2.14. The molecule has 0 saturated heterocycles. The van der Waals surface area contributed by atoms with Crippen LogP contribution in [0.15, 0.2) is 41.0 Å². The van der Waals surface area contributed by atoms with Gasteiger partial charge in [-0.25, -0.2) is 5.43 Å². The van der Waals surface area contributed by atoms with E-state index in [1.54, 1.807) is 0 Å². The highest BCUT2D eigenvalue weighted by Gasteiger charge is 2.17. The first-order valence-electron chi connectivity index (χ1n) is 4.39. The molecule has 14 heavy (non-hydrogen) atoms. The Morgan fingerprint density at radius 2 is 2.00 bits per heavy atom. The van der Waals surface area contributed by atoms with Crippen molar-refractivity contribution < 1.29 is 4.79 Å². The minimum absolute atomic E-state index is 0.133. The lowest BCUT2D eigenvalue weighted by Gasteiger charge is -1.95. The third kappa shape index (κ3) is 1.57. The Hall–Kier alpha value is -1.90. The van der Waals surface area contributed by atoms with E-state index < -0.39 is 0 Å². The van der Waals surface area contributed by atoms with Crippen molar-refractivity contribution in [3.63, 3.8) is 0 Å². The normalized spacial score (nSPS) is 18.2. The van der Waals surface area contributed by atoms with Crippen molar-refractivity contribution in [2.24, 2.45) is 5.10 Å². The van der Waals surface area contributed by atoms with Gasteiger partial charge in [-0.2, -0.15) is 5.10 Å². The van der Waals surface area contributed by atoms with Crippen molar-refractivity contribution in [2.45, 2.75) is 6.92 Å². The summed E-state index contributed by atoms with van der Waals surface area (Å²) in [7, 11) is 0. The molecule has 0 bridgehead atoms. The summed E-state index contributed by atoms with van der Waals surface area (Å²) in [5.41, 5.74) is 4.80. The summed E-state index contributed by atoms with van der Waals surface area (Å²) in [4.78, 5) is 11.3. The standard InChI is InChI=1S/C11H10N2O/c1-8-10(11(14)13-12-8)7-9-5-3-2-4-6-9/h2-7H,1H3,(H,13,14)/b10-7+. The van der Waals surface area contributed by atoms with E-state index in [0.29, 0.717) is 5.57 Å². The fourth-order valence-electron chi connectivity index (χ4n) is 1.31. The molecule has 0 aromatic heterocycles. The monoisotopic (exact) mass is 186 g/mol. The lowest BCUT2D eigenvalue weighted by Crippen LogP contribution is -2.12. The van der Waals surface area contributed by atoms with Gasteiger partial charge in [0.15, 0.2) is 0 Å². The van der Waals surface area contributed by atoms with Crippen LogP contribution in [0.3, 0.4) is 0 Å². The third-order valence-electron chi connectivity index (χ3n) is 2.07. The highest BCUT2D eigenvalue weighted by molar-refractivity contribution is 6.26. The maximum atomic E-state index is 11.3. The van der Waals surface area contributed by atoms with E-state index in [1.165, 1.54) is 0 Å².